The summed E-state index contributed by atoms with van der Waals surface area (Å²) in [6.07, 6.45) is 3.93. The van der Waals surface area contributed by atoms with Crippen molar-refractivity contribution in [3.8, 4) is 11.1 Å². The average Bonchev–Trinajstić information content (AvgIpc) is 3.59. The van der Waals surface area contributed by atoms with Crippen molar-refractivity contribution in [1.82, 2.24) is 0 Å². The molecule has 0 bridgehead atoms. The molecule has 0 spiro atoms. The molecule has 1 aromatic heterocycles. The van der Waals surface area contributed by atoms with Gasteiger partial charge >= 0.3 is 5.97 Å². The number of aromatic carboxylic acids is 1. The van der Waals surface area contributed by atoms with E-state index in [9.17, 15) is 14.8 Å². The molecule has 3 aromatic rings. The molecule has 4 rings (SSSR count). The number of nitrogens with two attached hydrogens (primary N) is 1. The maximum absolute atomic E-state index is 13.2. The van der Waals surface area contributed by atoms with Crippen LogP contribution in [0.2, 0.25) is 10.0 Å². The summed E-state index contributed by atoms with van der Waals surface area (Å²) in [6.45, 7) is 0. The SMILES string of the molecule is Nc1ccc(Cl)cc1-c1ccc(C(CC2CC2)C(=O)Nc2ccc(C(=O)O)cc2Cl)[n+]([O-])c1. The number of halogens is 2. The van der Waals surface area contributed by atoms with Crippen LogP contribution in [0.5, 0.6) is 0 Å². The van der Waals surface area contributed by atoms with Gasteiger partial charge in [-0.3, -0.25) is 4.79 Å². The molecule has 7 nitrogen and oxygen atoms in total. The van der Waals surface area contributed by atoms with Gasteiger partial charge in [-0.1, -0.05) is 36.0 Å². The molecule has 170 valence electrons. The minimum absolute atomic E-state index is 0.0146. The highest BCUT2D eigenvalue weighted by Gasteiger charge is 2.35. The van der Waals surface area contributed by atoms with Crippen molar-refractivity contribution in [2.75, 3.05) is 11.1 Å². The van der Waals surface area contributed by atoms with Gasteiger partial charge in [-0.05, 0) is 54.8 Å². The maximum Gasteiger partial charge on any atom is 0.335 e. The van der Waals surface area contributed by atoms with Crippen molar-refractivity contribution in [3.05, 3.63) is 81.2 Å². The molecule has 9 heteroatoms. The van der Waals surface area contributed by atoms with E-state index in [-0.39, 0.29) is 22.2 Å². The Morgan fingerprint density at radius 3 is 2.55 bits per heavy atom. The van der Waals surface area contributed by atoms with E-state index in [1.54, 1.807) is 30.3 Å². The highest BCUT2D eigenvalue weighted by molar-refractivity contribution is 6.34. The van der Waals surface area contributed by atoms with Gasteiger partial charge in [0.15, 0.2) is 6.20 Å². The molecule has 0 radical (unpaired) electrons. The quantitative estimate of drug-likeness (QED) is 0.244. The Labute approximate surface area is 200 Å². The molecule has 1 unspecified atom stereocenters. The fourth-order valence-electron chi connectivity index (χ4n) is 3.72. The summed E-state index contributed by atoms with van der Waals surface area (Å²) < 4.78 is 0.692. The number of benzene rings is 2. The third-order valence-electron chi connectivity index (χ3n) is 5.68. The van der Waals surface area contributed by atoms with Gasteiger partial charge in [0, 0.05) is 27.9 Å². The molecule has 1 amide bonds. The van der Waals surface area contributed by atoms with Gasteiger partial charge in [0.2, 0.25) is 11.6 Å². The van der Waals surface area contributed by atoms with Crippen LogP contribution in [0.4, 0.5) is 11.4 Å². The zero-order valence-electron chi connectivity index (χ0n) is 17.4. The van der Waals surface area contributed by atoms with E-state index in [1.807, 2.05) is 0 Å². The van der Waals surface area contributed by atoms with Crippen LogP contribution < -0.4 is 15.8 Å². The number of anilines is 2. The Kier molecular flexibility index (Phi) is 6.44. The van der Waals surface area contributed by atoms with Crippen LogP contribution in [-0.4, -0.2) is 17.0 Å². The number of pyridine rings is 1. The van der Waals surface area contributed by atoms with E-state index in [0.717, 1.165) is 12.8 Å². The van der Waals surface area contributed by atoms with E-state index in [4.69, 9.17) is 34.0 Å². The standard InChI is InChI=1S/C24H21Cl2N3O4/c25-16-5-6-20(27)17(11-16)15-4-8-22(29(33)12-15)18(9-13-1-2-13)23(30)28-21-7-3-14(24(31)32)10-19(21)26/h3-8,10-13,18H,1-2,9,27H2,(H,28,30)(H,31,32). The summed E-state index contributed by atoms with van der Waals surface area (Å²) in [6, 6.07) is 12.5. The van der Waals surface area contributed by atoms with Gasteiger partial charge in [0.05, 0.1) is 16.3 Å². The van der Waals surface area contributed by atoms with Gasteiger partial charge in [0.25, 0.3) is 0 Å². The Morgan fingerprint density at radius 2 is 1.91 bits per heavy atom. The predicted molar refractivity (Wildman–Crippen MR) is 127 cm³/mol. The number of carboxylic acids is 1. The number of nitrogen functional groups attached to an aromatic ring is 1. The summed E-state index contributed by atoms with van der Waals surface area (Å²) in [5.41, 5.74) is 8.35. The van der Waals surface area contributed by atoms with Gasteiger partial charge in [0.1, 0.15) is 5.92 Å². The number of nitrogens with zero attached hydrogens (tertiary/aromatic N) is 1. The monoisotopic (exact) mass is 485 g/mol. The molecule has 0 saturated heterocycles. The molecular formula is C24H21Cl2N3O4. The second-order valence-corrected chi connectivity index (χ2v) is 8.96. The summed E-state index contributed by atoms with van der Waals surface area (Å²) in [7, 11) is 0. The largest absolute Gasteiger partial charge is 0.618 e. The van der Waals surface area contributed by atoms with E-state index < -0.39 is 11.9 Å². The number of nitrogens with one attached hydrogen (secondary N) is 1. The fourth-order valence-corrected chi connectivity index (χ4v) is 4.12. The first kappa shape index (κ1) is 22.9. The summed E-state index contributed by atoms with van der Waals surface area (Å²) >= 11 is 12.2. The summed E-state index contributed by atoms with van der Waals surface area (Å²) in [4.78, 5) is 24.3. The van der Waals surface area contributed by atoms with Gasteiger partial charge < -0.3 is 21.4 Å². The van der Waals surface area contributed by atoms with Crippen LogP contribution in [0.1, 0.15) is 41.2 Å². The molecule has 4 N–H and O–H groups in total. The molecule has 33 heavy (non-hydrogen) atoms. The lowest BCUT2D eigenvalue weighted by molar-refractivity contribution is -0.614. The van der Waals surface area contributed by atoms with Crippen LogP contribution in [-0.2, 0) is 4.79 Å². The molecule has 1 atom stereocenters. The molecule has 2 aromatic carbocycles. The Balaban J connectivity index is 1.63. The van der Waals surface area contributed by atoms with E-state index >= 15 is 0 Å². The normalized spacial score (nSPS) is 14.0. The van der Waals surface area contributed by atoms with E-state index in [1.165, 1.54) is 24.4 Å². The molecule has 0 aliphatic heterocycles. The van der Waals surface area contributed by atoms with Crippen molar-refractivity contribution in [2.45, 2.75) is 25.2 Å². The fraction of sp³-hybridized carbons (Fsp3) is 0.208. The second-order valence-electron chi connectivity index (χ2n) is 8.12. The van der Waals surface area contributed by atoms with Gasteiger partial charge in [-0.2, -0.15) is 4.73 Å². The van der Waals surface area contributed by atoms with Crippen molar-refractivity contribution in [1.29, 1.82) is 0 Å². The molecular weight excluding hydrogens is 465 g/mol. The topological polar surface area (TPSA) is 119 Å². The van der Waals surface area contributed by atoms with Crippen LogP contribution in [0.15, 0.2) is 54.7 Å². The van der Waals surface area contributed by atoms with Crippen LogP contribution in [0.25, 0.3) is 11.1 Å². The highest BCUT2D eigenvalue weighted by Crippen LogP contribution is 2.39. The number of carbonyl (C=O) groups is 2. The van der Waals surface area contributed by atoms with E-state index in [0.29, 0.717) is 44.6 Å². The van der Waals surface area contributed by atoms with Gasteiger partial charge in [-0.15, -0.1) is 0 Å². The molecule has 1 saturated carbocycles. The lowest BCUT2D eigenvalue weighted by Gasteiger charge is -2.18. The highest BCUT2D eigenvalue weighted by atomic mass is 35.5. The number of hydrogen-bond acceptors (Lipinski definition) is 4. The first-order valence-corrected chi connectivity index (χ1v) is 11.1. The number of aromatic nitrogens is 1. The van der Waals surface area contributed by atoms with E-state index in [2.05, 4.69) is 5.32 Å². The number of rotatable bonds is 7. The smallest absolute Gasteiger partial charge is 0.335 e. The number of carbonyl (C=O) groups excluding carboxylic acids is 1. The third kappa shape index (κ3) is 5.21. The lowest BCUT2D eigenvalue weighted by Crippen LogP contribution is -2.37. The van der Waals surface area contributed by atoms with Crippen LogP contribution >= 0.6 is 23.2 Å². The maximum atomic E-state index is 13.2. The average molecular weight is 486 g/mol. The second kappa shape index (κ2) is 9.29. The minimum Gasteiger partial charge on any atom is -0.618 e. The molecule has 1 heterocycles. The number of carboxylic acid groups (broad SMARTS) is 1. The van der Waals surface area contributed by atoms with Gasteiger partial charge in [-0.25, -0.2) is 4.79 Å². The molecule has 1 fully saturated rings. The van der Waals surface area contributed by atoms with Crippen LogP contribution in [0.3, 0.4) is 0 Å². The molecule has 1 aliphatic carbocycles. The van der Waals surface area contributed by atoms with Crippen molar-refractivity contribution in [3.63, 3.8) is 0 Å². The first-order chi connectivity index (χ1) is 15.7. The number of amides is 1. The molecule has 1 aliphatic rings. The zero-order valence-corrected chi connectivity index (χ0v) is 18.9. The summed E-state index contributed by atoms with van der Waals surface area (Å²) in [5, 5.41) is 25.4. The minimum atomic E-state index is -1.12. The third-order valence-corrected chi connectivity index (χ3v) is 6.23. The Hall–Kier alpha value is -3.29. The number of hydrogen-bond donors (Lipinski definition) is 3. The van der Waals surface area contributed by atoms with Crippen molar-refractivity contribution < 1.29 is 19.4 Å². The van der Waals surface area contributed by atoms with Crippen LogP contribution in [0, 0.1) is 11.1 Å². The zero-order chi connectivity index (χ0) is 23.7. The van der Waals surface area contributed by atoms with Crippen molar-refractivity contribution >= 4 is 46.5 Å². The lowest BCUT2D eigenvalue weighted by atomic mass is 9.95. The first-order valence-electron chi connectivity index (χ1n) is 10.3. The summed E-state index contributed by atoms with van der Waals surface area (Å²) in [5.74, 6) is -1.83. The Morgan fingerprint density at radius 1 is 1.15 bits per heavy atom. The van der Waals surface area contributed by atoms with Crippen molar-refractivity contribution in [2.24, 2.45) is 5.92 Å². The predicted octanol–water partition coefficient (Wildman–Crippen LogP) is 5.10. The Bertz CT molecular complexity index is 1240.